The van der Waals surface area contributed by atoms with Gasteiger partial charge in [0.1, 0.15) is 0 Å². The molecule has 3 rings (SSSR count). The highest BCUT2D eigenvalue weighted by Crippen LogP contribution is 2.16. The Morgan fingerprint density at radius 3 is 2.40 bits per heavy atom. The first-order chi connectivity index (χ1) is 14.4. The molecule has 150 valence electrons. The van der Waals surface area contributed by atoms with Crippen LogP contribution in [0.15, 0.2) is 78.9 Å². The molecule has 3 N–H and O–H groups in total. The van der Waals surface area contributed by atoms with Crippen molar-refractivity contribution in [3.8, 4) is 0 Å². The van der Waals surface area contributed by atoms with Gasteiger partial charge in [-0.15, -0.1) is 0 Å². The van der Waals surface area contributed by atoms with E-state index in [9.17, 15) is 19.5 Å². The lowest BCUT2D eigenvalue weighted by Crippen LogP contribution is -2.12. The highest BCUT2D eigenvalue weighted by Gasteiger charge is 2.10. The van der Waals surface area contributed by atoms with Crippen LogP contribution in [0.25, 0.3) is 6.08 Å². The maximum Gasteiger partial charge on any atom is 0.337 e. The second-order valence-electron chi connectivity index (χ2n) is 6.62. The number of rotatable bonds is 6. The number of carbonyl (C=O) groups excluding carboxylic acids is 2. The zero-order chi connectivity index (χ0) is 21.5. The predicted molar refractivity (Wildman–Crippen MR) is 117 cm³/mol. The SMILES string of the molecule is Cc1cccc(NC(=O)c2cccc(/C=C/C(=O)Nc3ccccc3C(=O)O)c2)c1. The molecule has 0 heterocycles. The number of carboxylic acid groups (broad SMARTS) is 1. The van der Waals surface area contributed by atoms with Gasteiger partial charge in [-0.3, -0.25) is 9.59 Å². The second kappa shape index (κ2) is 9.34. The largest absolute Gasteiger partial charge is 0.478 e. The van der Waals surface area contributed by atoms with E-state index >= 15 is 0 Å². The van der Waals surface area contributed by atoms with Crippen molar-refractivity contribution < 1.29 is 19.5 Å². The molecule has 0 aromatic heterocycles. The maximum atomic E-state index is 12.5. The van der Waals surface area contributed by atoms with Crippen LogP contribution in [0.2, 0.25) is 0 Å². The van der Waals surface area contributed by atoms with Crippen LogP contribution in [0.1, 0.15) is 31.8 Å². The first-order valence-electron chi connectivity index (χ1n) is 9.22. The Kier molecular flexibility index (Phi) is 6.39. The lowest BCUT2D eigenvalue weighted by Gasteiger charge is -2.07. The van der Waals surface area contributed by atoms with Crippen molar-refractivity contribution in [2.24, 2.45) is 0 Å². The monoisotopic (exact) mass is 400 g/mol. The molecule has 3 aromatic carbocycles. The standard InChI is InChI=1S/C24H20N2O4/c1-16-6-4-9-19(14-16)25-23(28)18-8-5-7-17(15-18)12-13-22(27)26-21-11-3-2-10-20(21)24(29)30/h2-15H,1H3,(H,25,28)(H,26,27)(H,29,30)/b13-12+. The van der Waals surface area contributed by atoms with Gasteiger partial charge in [0.2, 0.25) is 5.91 Å². The van der Waals surface area contributed by atoms with Crippen molar-refractivity contribution in [3.05, 3.63) is 101 Å². The molecule has 0 saturated heterocycles. The van der Waals surface area contributed by atoms with Crippen molar-refractivity contribution in [2.45, 2.75) is 6.92 Å². The molecule has 0 saturated carbocycles. The highest BCUT2D eigenvalue weighted by molar-refractivity contribution is 6.07. The molecule has 0 unspecified atom stereocenters. The minimum atomic E-state index is -1.12. The van der Waals surface area contributed by atoms with Gasteiger partial charge in [-0.2, -0.15) is 0 Å². The first-order valence-corrected chi connectivity index (χ1v) is 9.22. The van der Waals surface area contributed by atoms with Gasteiger partial charge in [0.15, 0.2) is 0 Å². The van der Waals surface area contributed by atoms with Crippen molar-refractivity contribution in [3.63, 3.8) is 0 Å². The Bertz CT molecular complexity index is 1140. The fourth-order valence-electron chi connectivity index (χ4n) is 2.83. The number of carboxylic acids is 1. The van der Waals surface area contributed by atoms with Gasteiger partial charge in [-0.25, -0.2) is 4.79 Å². The zero-order valence-electron chi connectivity index (χ0n) is 16.3. The normalized spacial score (nSPS) is 10.6. The van der Waals surface area contributed by atoms with Crippen LogP contribution in [-0.4, -0.2) is 22.9 Å². The number of benzene rings is 3. The van der Waals surface area contributed by atoms with E-state index in [1.165, 1.54) is 18.2 Å². The van der Waals surface area contributed by atoms with Gasteiger partial charge >= 0.3 is 5.97 Å². The molecule has 0 spiro atoms. The number of carbonyl (C=O) groups is 3. The molecule has 0 atom stereocenters. The van der Waals surface area contributed by atoms with E-state index in [0.717, 1.165) is 5.56 Å². The lowest BCUT2D eigenvalue weighted by molar-refractivity contribution is -0.111. The molecule has 2 amide bonds. The Labute approximate surface area is 173 Å². The summed E-state index contributed by atoms with van der Waals surface area (Å²) >= 11 is 0. The van der Waals surface area contributed by atoms with Gasteiger partial charge in [-0.05, 0) is 60.5 Å². The molecule has 0 fully saturated rings. The molecule has 0 bridgehead atoms. The van der Waals surface area contributed by atoms with Crippen LogP contribution in [0.3, 0.4) is 0 Å². The quantitative estimate of drug-likeness (QED) is 0.527. The minimum absolute atomic E-state index is 0.00840. The van der Waals surface area contributed by atoms with Crippen LogP contribution >= 0.6 is 0 Å². The third-order valence-corrected chi connectivity index (χ3v) is 4.27. The van der Waals surface area contributed by atoms with Crippen LogP contribution in [0.4, 0.5) is 11.4 Å². The number of nitrogens with one attached hydrogen (secondary N) is 2. The Morgan fingerprint density at radius 1 is 0.867 bits per heavy atom. The molecule has 0 radical (unpaired) electrons. The van der Waals surface area contributed by atoms with Gasteiger partial charge in [0.25, 0.3) is 5.91 Å². The van der Waals surface area contributed by atoms with Crippen molar-refractivity contribution >= 4 is 35.2 Å². The smallest absolute Gasteiger partial charge is 0.337 e. The highest BCUT2D eigenvalue weighted by atomic mass is 16.4. The van der Waals surface area contributed by atoms with E-state index in [0.29, 0.717) is 16.8 Å². The molecule has 30 heavy (non-hydrogen) atoms. The summed E-state index contributed by atoms with van der Waals surface area (Å²) in [5, 5.41) is 14.6. The number of hydrogen-bond acceptors (Lipinski definition) is 3. The predicted octanol–water partition coefficient (Wildman–Crippen LogP) is 4.60. The number of anilines is 2. The Balaban J connectivity index is 1.69. The summed E-state index contributed by atoms with van der Waals surface area (Å²) in [7, 11) is 0. The lowest BCUT2D eigenvalue weighted by atomic mass is 10.1. The number of para-hydroxylation sites is 1. The number of hydrogen-bond donors (Lipinski definition) is 3. The summed E-state index contributed by atoms with van der Waals surface area (Å²) in [6, 6.07) is 20.5. The van der Waals surface area contributed by atoms with E-state index in [4.69, 9.17) is 0 Å². The summed E-state index contributed by atoms with van der Waals surface area (Å²) in [6.45, 7) is 1.95. The average Bonchev–Trinajstić information content (AvgIpc) is 2.73. The Morgan fingerprint density at radius 2 is 1.63 bits per heavy atom. The van der Waals surface area contributed by atoms with E-state index in [-0.39, 0.29) is 17.2 Å². The van der Waals surface area contributed by atoms with Crippen molar-refractivity contribution in [1.82, 2.24) is 0 Å². The fourth-order valence-corrected chi connectivity index (χ4v) is 2.83. The van der Waals surface area contributed by atoms with E-state index < -0.39 is 11.9 Å². The maximum absolute atomic E-state index is 12.5. The number of aryl methyl sites for hydroxylation is 1. The molecule has 3 aromatic rings. The molecule has 6 nitrogen and oxygen atoms in total. The number of amides is 2. The first kappa shape index (κ1) is 20.5. The van der Waals surface area contributed by atoms with Crippen molar-refractivity contribution in [1.29, 1.82) is 0 Å². The summed E-state index contributed by atoms with van der Waals surface area (Å²) < 4.78 is 0. The van der Waals surface area contributed by atoms with Gasteiger partial charge < -0.3 is 15.7 Å². The van der Waals surface area contributed by atoms with E-state index in [2.05, 4.69) is 10.6 Å². The topological polar surface area (TPSA) is 95.5 Å². The van der Waals surface area contributed by atoms with Crippen molar-refractivity contribution in [2.75, 3.05) is 10.6 Å². The summed E-state index contributed by atoms with van der Waals surface area (Å²) in [5.74, 6) is -1.85. The van der Waals surface area contributed by atoms with Crippen LogP contribution in [0, 0.1) is 6.92 Å². The molecule has 0 aliphatic heterocycles. The van der Waals surface area contributed by atoms with E-state index in [1.54, 1.807) is 42.5 Å². The third kappa shape index (κ3) is 5.42. The van der Waals surface area contributed by atoms with E-state index in [1.807, 2.05) is 31.2 Å². The van der Waals surface area contributed by atoms with Gasteiger partial charge in [0.05, 0.1) is 11.3 Å². The fraction of sp³-hybridized carbons (Fsp3) is 0.0417. The minimum Gasteiger partial charge on any atom is -0.478 e. The number of aromatic carboxylic acids is 1. The zero-order valence-corrected chi connectivity index (χ0v) is 16.3. The molecular weight excluding hydrogens is 380 g/mol. The molecule has 0 aliphatic carbocycles. The van der Waals surface area contributed by atoms with Crippen LogP contribution in [0.5, 0.6) is 0 Å². The molecule has 0 aliphatic rings. The Hall–Kier alpha value is -4.19. The second-order valence-corrected chi connectivity index (χ2v) is 6.62. The molecule has 6 heteroatoms. The van der Waals surface area contributed by atoms with Crippen LogP contribution < -0.4 is 10.6 Å². The average molecular weight is 400 g/mol. The van der Waals surface area contributed by atoms with Crippen LogP contribution in [-0.2, 0) is 4.79 Å². The summed E-state index contributed by atoms with van der Waals surface area (Å²) in [5.41, 5.74) is 3.08. The van der Waals surface area contributed by atoms with Gasteiger partial charge in [-0.1, -0.05) is 36.4 Å². The summed E-state index contributed by atoms with van der Waals surface area (Å²) in [6.07, 6.45) is 2.85. The molecular formula is C24H20N2O4. The summed E-state index contributed by atoms with van der Waals surface area (Å²) in [4.78, 5) is 35.9. The third-order valence-electron chi connectivity index (χ3n) is 4.27. The van der Waals surface area contributed by atoms with Gasteiger partial charge in [0, 0.05) is 17.3 Å².